The van der Waals surface area contributed by atoms with E-state index in [0.717, 1.165) is 15.5 Å². The van der Waals surface area contributed by atoms with Gasteiger partial charge in [-0.05, 0) is 76.6 Å². The highest BCUT2D eigenvalue weighted by Crippen LogP contribution is 2.62. The van der Waals surface area contributed by atoms with Crippen molar-refractivity contribution in [2.75, 3.05) is 0 Å². The number of alkyl halides is 25. The molecule has 1 heterocycles. The molecule has 2 aromatic carbocycles. The van der Waals surface area contributed by atoms with Crippen molar-refractivity contribution in [3.63, 3.8) is 0 Å². The second kappa shape index (κ2) is 17.4. The van der Waals surface area contributed by atoms with Crippen LogP contribution in [0.15, 0.2) is 30.6 Å². The lowest BCUT2D eigenvalue weighted by molar-refractivity contribution is -0.604. The van der Waals surface area contributed by atoms with Crippen LogP contribution in [0.4, 0.5) is 110 Å². The molecule has 27 heteroatoms. The first-order valence-electron chi connectivity index (χ1n) is 19.1. The minimum absolute atomic E-state index is 0.0213. The Hall–Kier alpha value is -4.10. The first-order chi connectivity index (χ1) is 29.6. The van der Waals surface area contributed by atoms with Crippen LogP contribution in [-0.4, -0.2) is 75.9 Å². The van der Waals surface area contributed by atoms with E-state index < -0.39 is 128 Å². The van der Waals surface area contributed by atoms with Crippen molar-refractivity contribution in [2.24, 2.45) is 0 Å². The Labute approximate surface area is 364 Å². The number of benzene rings is 2. The van der Waals surface area contributed by atoms with E-state index in [0.29, 0.717) is 11.1 Å². The van der Waals surface area contributed by atoms with Gasteiger partial charge in [-0.1, -0.05) is 35.4 Å². The fourth-order valence-corrected chi connectivity index (χ4v) is 7.52. The molecule has 0 bridgehead atoms. The molecule has 382 valence electrons. The molecule has 3 aromatic rings. The average molecular weight is 1020 g/mol. The normalized spacial score (nSPS) is 14.9. The smallest absolute Gasteiger partial charge is 0.200 e. The van der Waals surface area contributed by atoms with Crippen LogP contribution in [0.3, 0.4) is 0 Å². The highest BCUT2D eigenvalue weighted by atomic mass is 19.4. The summed E-state index contributed by atoms with van der Waals surface area (Å²) < 4.78 is 354. The molecule has 0 amide bonds. The van der Waals surface area contributed by atoms with Crippen molar-refractivity contribution in [1.82, 2.24) is 4.57 Å². The van der Waals surface area contributed by atoms with Crippen molar-refractivity contribution in [2.45, 2.75) is 158 Å². The van der Waals surface area contributed by atoms with Crippen molar-refractivity contribution in [1.29, 1.82) is 0 Å². The first kappa shape index (κ1) is 57.2. The fraction of sp³-hybridized carbons (Fsp3) is 0.625. The zero-order chi connectivity index (χ0) is 52.7. The van der Waals surface area contributed by atoms with Gasteiger partial charge in [0.25, 0.3) is 6.33 Å². The van der Waals surface area contributed by atoms with Crippen LogP contribution in [0.2, 0.25) is 0 Å². The van der Waals surface area contributed by atoms with Crippen molar-refractivity contribution >= 4 is 0 Å². The third-order valence-electron chi connectivity index (χ3n) is 10.9. The first-order valence-corrected chi connectivity index (χ1v) is 19.1. The Balaban J connectivity index is 2.28. The summed E-state index contributed by atoms with van der Waals surface area (Å²) in [6.07, 6.45) is -17.8. The molecule has 0 aliphatic carbocycles. The van der Waals surface area contributed by atoms with Gasteiger partial charge in [-0.3, -0.25) is 0 Å². The van der Waals surface area contributed by atoms with Gasteiger partial charge < -0.3 is 0 Å². The van der Waals surface area contributed by atoms with E-state index in [-0.39, 0.29) is 33.6 Å². The van der Waals surface area contributed by atoms with E-state index in [4.69, 9.17) is 0 Å². The van der Waals surface area contributed by atoms with Crippen molar-refractivity contribution in [3.8, 4) is 11.4 Å². The summed E-state index contributed by atoms with van der Waals surface area (Å²) in [5, 5.41) is 0. The third-order valence-corrected chi connectivity index (χ3v) is 10.9. The number of aryl methyl sites for hydroxylation is 6. The van der Waals surface area contributed by atoms with Crippen LogP contribution < -0.4 is 4.57 Å². The monoisotopic (exact) mass is 1020 g/mol. The SMILES string of the molecule is Cc1cc(C)c(-n2c[n+](-c3c(C)cc(C)cc3C)c(CCCC(F)(F)C(F)(F)C(F)(F)C(F)(F)C(F)(F)C(C)(F)F)c2CCCC(F)(F)C(F)(F)C(F)(F)C(F)(F)C(F)(F)C(F)(F)F)c(C)c1. The summed E-state index contributed by atoms with van der Waals surface area (Å²) >= 11 is 0. The van der Waals surface area contributed by atoms with Crippen molar-refractivity contribution in [3.05, 3.63) is 75.4 Å². The lowest BCUT2D eigenvalue weighted by Gasteiger charge is -2.40. The lowest BCUT2D eigenvalue weighted by atomic mass is 9.89. The van der Waals surface area contributed by atoms with Gasteiger partial charge in [0.2, 0.25) is 0 Å². The van der Waals surface area contributed by atoms with Crippen LogP contribution in [0.25, 0.3) is 11.4 Å². The fourth-order valence-electron chi connectivity index (χ4n) is 7.52. The highest BCUT2D eigenvalue weighted by Gasteiger charge is 2.91. The maximum atomic E-state index is 15.1. The zero-order valence-corrected chi connectivity index (χ0v) is 35.5. The standard InChI is InChI=1S/C40H38F25N2/c1-19-14-21(3)27(22(4)15-19)66-18-67(28-23(5)16-20(2)17-24(28)6)26(11-9-13-31(45,46)34(51,52)37(57,58)38(59,60)39(61,62)40(63,64)65)25(66)10-8-12-30(43,44)33(49,50)36(55,56)35(53,54)32(47,48)29(7,41)42/h14-18H,8-13H2,1-7H3/q+1. The molecule has 0 fully saturated rings. The quantitative estimate of drug-likeness (QED) is 0.0836. The molecule has 2 nitrogen and oxygen atoms in total. The maximum Gasteiger partial charge on any atom is 0.460 e. The highest BCUT2D eigenvalue weighted by molar-refractivity contribution is 5.51. The summed E-state index contributed by atoms with van der Waals surface area (Å²) in [5.74, 6) is -82.1. The summed E-state index contributed by atoms with van der Waals surface area (Å²) in [4.78, 5) is 0. The van der Waals surface area contributed by atoms with E-state index in [1.165, 1.54) is 52.0 Å². The van der Waals surface area contributed by atoms with Gasteiger partial charge in [-0.2, -0.15) is 119 Å². The molecule has 1 aromatic heterocycles. The molecule has 0 N–H and O–H groups in total. The van der Waals surface area contributed by atoms with Crippen LogP contribution >= 0.6 is 0 Å². The van der Waals surface area contributed by atoms with Crippen molar-refractivity contribution < 1.29 is 114 Å². The van der Waals surface area contributed by atoms with Gasteiger partial charge in [-0.25, -0.2) is 0 Å². The second-order valence-electron chi connectivity index (χ2n) is 16.3. The van der Waals surface area contributed by atoms with Gasteiger partial charge in [0, 0.05) is 32.6 Å². The van der Waals surface area contributed by atoms with E-state index in [9.17, 15) is 92.2 Å². The molecule has 0 radical (unpaired) electrons. The lowest BCUT2D eigenvalue weighted by Crippen LogP contribution is -2.70. The van der Waals surface area contributed by atoms with Crippen LogP contribution in [0.5, 0.6) is 0 Å². The molecule has 0 atom stereocenters. The summed E-state index contributed by atoms with van der Waals surface area (Å²) in [6.45, 7) is 7.62. The van der Waals surface area contributed by atoms with E-state index >= 15 is 17.6 Å². The zero-order valence-electron chi connectivity index (χ0n) is 35.5. The molecule has 0 spiro atoms. The molecule has 0 saturated carbocycles. The predicted octanol–water partition coefficient (Wildman–Crippen LogP) is 14.8. The Morgan fingerprint density at radius 3 is 1.10 bits per heavy atom. The van der Waals surface area contributed by atoms with E-state index in [1.54, 1.807) is 13.8 Å². The molecular formula is C40H38F25N2+. The predicted molar refractivity (Wildman–Crippen MR) is 188 cm³/mol. The Bertz CT molecular complexity index is 2080. The number of hydrogen-bond donors (Lipinski definition) is 0. The second-order valence-corrected chi connectivity index (χ2v) is 16.3. The number of aromatic nitrogens is 2. The maximum absolute atomic E-state index is 15.1. The summed E-state index contributed by atoms with van der Waals surface area (Å²) in [7, 11) is 0. The topological polar surface area (TPSA) is 8.81 Å². The van der Waals surface area contributed by atoms with Crippen LogP contribution in [-0.2, 0) is 12.8 Å². The molecule has 0 aliphatic heterocycles. The van der Waals surface area contributed by atoms with Gasteiger partial charge in [-0.15, -0.1) is 0 Å². The van der Waals surface area contributed by atoms with Gasteiger partial charge in [0.1, 0.15) is 11.4 Å². The molecule has 0 aliphatic rings. The summed E-state index contributed by atoms with van der Waals surface area (Å²) in [5.41, 5.74) is 0.972. The number of nitrogens with zero attached hydrogens (tertiary/aromatic N) is 2. The molecular weight excluding hydrogens is 983 g/mol. The van der Waals surface area contributed by atoms with E-state index in [2.05, 4.69) is 0 Å². The average Bonchev–Trinajstić information content (AvgIpc) is 3.45. The van der Waals surface area contributed by atoms with Crippen LogP contribution in [0.1, 0.15) is 77.4 Å². The Kier molecular flexibility index (Phi) is 14.9. The third kappa shape index (κ3) is 9.14. The Morgan fingerprint density at radius 2 is 0.746 bits per heavy atom. The minimum atomic E-state index is -8.22. The Morgan fingerprint density at radius 1 is 0.418 bits per heavy atom. The van der Waals surface area contributed by atoms with E-state index in [1.807, 2.05) is 0 Å². The largest absolute Gasteiger partial charge is 0.460 e. The van der Waals surface area contributed by atoms with Gasteiger partial charge in [0.05, 0.1) is 0 Å². The molecule has 0 unspecified atom stereocenters. The van der Waals surface area contributed by atoms with Gasteiger partial charge in [0.15, 0.2) is 11.4 Å². The molecule has 3 rings (SSSR count). The number of hydrogen-bond acceptors (Lipinski definition) is 0. The number of rotatable bonds is 19. The number of imidazole rings is 1. The minimum Gasteiger partial charge on any atom is -0.200 e. The summed E-state index contributed by atoms with van der Waals surface area (Å²) in [6, 6.07) is 5.85. The molecule has 0 saturated heterocycles. The number of halogens is 25. The van der Waals surface area contributed by atoms with Crippen LogP contribution in [0, 0.1) is 41.5 Å². The molecule has 67 heavy (non-hydrogen) atoms. The van der Waals surface area contributed by atoms with Gasteiger partial charge >= 0.3 is 71.3 Å².